The van der Waals surface area contributed by atoms with Crippen molar-refractivity contribution in [2.24, 2.45) is 28.6 Å². The number of carbonyl (C=O) groups excluding carboxylic acids is 1. The Morgan fingerprint density at radius 1 is 1.14 bits per heavy atom. The van der Waals surface area contributed by atoms with Gasteiger partial charge in [-0.1, -0.05) is 44.9 Å². The number of carbonyl (C=O) groups is 1. The number of fused-ring (bicyclic) bond motifs is 3. The van der Waals surface area contributed by atoms with Gasteiger partial charge in [0.15, 0.2) is 6.29 Å². The summed E-state index contributed by atoms with van der Waals surface area (Å²) in [5.74, 6) is 1.91. The lowest BCUT2D eigenvalue weighted by molar-refractivity contribution is -0.316. The first-order chi connectivity index (χ1) is 16.8. The summed E-state index contributed by atoms with van der Waals surface area (Å²) in [6.07, 6.45) is 10.9. The maximum Gasteiger partial charge on any atom is 0.337 e. The number of rotatable bonds is 6. The molecule has 4 aliphatic rings. The van der Waals surface area contributed by atoms with E-state index in [2.05, 4.69) is 20.4 Å². The van der Waals surface area contributed by atoms with E-state index in [0.717, 1.165) is 32.3 Å². The van der Waals surface area contributed by atoms with E-state index in [1.54, 1.807) is 12.1 Å². The van der Waals surface area contributed by atoms with Crippen LogP contribution in [-0.4, -0.2) is 38.7 Å². The molecule has 1 aliphatic heterocycles. The van der Waals surface area contributed by atoms with E-state index in [4.69, 9.17) is 18.9 Å². The standard InChI is InChI=1S/C30H42O5/c1-20-12-13-25-29(2,24(20)15-17-33-23-11-7-10-22(18-23)27(31)32-4)16-14-26-30(25,3)19-34-28(35-26)21-8-5-6-9-21/h7,10-11,18,21,24-26,28H,1,5-6,8-9,12-17,19H2,2-4H3/t24-,25?,26-,28-,29+,30+/m1/s1. The molecule has 3 saturated carbocycles. The maximum absolute atomic E-state index is 11.9. The van der Waals surface area contributed by atoms with Crippen LogP contribution in [0.15, 0.2) is 36.4 Å². The Morgan fingerprint density at radius 2 is 1.94 bits per heavy atom. The van der Waals surface area contributed by atoms with Gasteiger partial charge in [-0.2, -0.15) is 0 Å². The van der Waals surface area contributed by atoms with Crippen LogP contribution in [0.1, 0.15) is 82.0 Å². The quantitative estimate of drug-likeness (QED) is 0.339. The monoisotopic (exact) mass is 482 g/mol. The second-order valence-corrected chi connectivity index (χ2v) is 11.9. The highest BCUT2D eigenvalue weighted by atomic mass is 16.7. The number of benzene rings is 1. The van der Waals surface area contributed by atoms with Gasteiger partial charge in [-0.25, -0.2) is 4.79 Å². The minimum atomic E-state index is -0.344. The fourth-order valence-corrected chi connectivity index (χ4v) is 7.99. The number of hydrogen-bond acceptors (Lipinski definition) is 5. The fourth-order valence-electron chi connectivity index (χ4n) is 7.99. The molecule has 0 bridgehead atoms. The number of hydrogen-bond donors (Lipinski definition) is 0. The van der Waals surface area contributed by atoms with E-state index < -0.39 is 0 Å². The molecule has 4 fully saturated rings. The highest BCUT2D eigenvalue weighted by Crippen LogP contribution is 2.63. The number of ether oxygens (including phenoxy) is 4. The first-order valence-corrected chi connectivity index (χ1v) is 13.6. The van der Waals surface area contributed by atoms with E-state index in [1.807, 2.05) is 12.1 Å². The van der Waals surface area contributed by atoms with Gasteiger partial charge in [-0.3, -0.25) is 0 Å². The highest BCUT2D eigenvalue weighted by molar-refractivity contribution is 5.89. The molecule has 0 spiro atoms. The molecule has 5 heteroatoms. The molecule has 0 amide bonds. The minimum Gasteiger partial charge on any atom is -0.494 e. The second-order valence-electron chi connectivity index (χ2n) is 11.9. The molecule has 5 nitrogen and oxygen atoms in total. The lowest BCUT2D eigenvalue weighted by atomic mass is 9.46. The number of allylic oxidation sites excluding steroid dienone is 1. The summed E-state index contributed by atoms with van der Waals surface area (Å²) >= 11 is 0. The van der Waals surface area contributed by atoms with E-state index in [0.29, 0.717) is 41.8 Å². The number of methoxy groups -OCH3 is 1. The largest absolute Gasteiger partial charge is 0.494 e. The van der Waals surface area contributed by atoms with Crippen LogP contribution in [-0.2, 0) is 14.2 Å². The maximum atomic E-state index is 11.9. The predicted octanol–water partition coefficient (Wildman–Crippen LogP) is 6.56. The summed E-state index contributed by atoms with van der Waals surface area (Å²) in [5.41, 5.74) is 2.10. The van der Waals surface area contributed by atoms with Gasteiger partial charge in [-0.05, 0) is 80.4 Å². The molecular formula is C30H42O5. The average Bonchev–Trinajstić information content (AvgIpc) is 3.40. The van der Waals surface area contributed by atoms with Crippen LogP contribution in [0.2, 0.25) is 0 Å². The molecular weight excluding hydrogens is 440 g/mol. The van der Waals surface area contributed by atoms with Gasteiger partial charge < -0.3 is 18.9 Å². The van der Waals surface area contributed by atoms with Crippen molar-refractivity contribution >= 4 is 5.97 Å². The van der Waals surface area contributed by atoms with Gasteiger partial charge in [0, 0.05) is 11.3 Å². The van der Waals surface area contributed by atoms with Gasteiger partial charge in [0.05, 0.1) is 32.0 Å². The molecule has 0 radical (unpaired) electrons. The summed E-state index contributed by atoms with van der Waals surface area (Å²) in [6, 6.07) is 7.24. The number of esters is 1. The third-order valence-corrected chi connectivity index (χ3v) is 9.89. The van der Waals surface area contributed by atoms with Crippen molar-refractivity contribution < 1.29 is 23.7 Å². The lowest BCUT2D eigenvalue weighted by Crippen LogP contribution is -2.62. The molecule has 1 heterocycles. The Labute approximate surface area is 210 Å². The van der Waals surface area contributed by atoms with Crippen LogP contribution in [0.25, 0.3) is 0 Å². The molecule has 1 aromatic rings. The summed E-state index contributed by atoms with van der Waals surface area (Å²) in [5, 5.41) is 0. The molecule has 0 aromatic heterocycles. The summed E-state index contributed by atoms with van der Waals surface area (Å²) in [4.78, 5) is 11.9. The van der Waals surface area contributed by atoms with Crippen molar-refractivity contribution in [2.75, 3.05) is 20.3 Å². The zero-order chi connectivity index (χ0) is 24.6. The van der Waals surface area contributed by atoms with Crippen molar-refractivity contribution in [3.63, 3.8) is 0 Å². The van der Waals surface area contributed by atoms with Crippen molar-refractivity contribution in [1.29, 1.82) is 0 Å². The van der Waals surface area contributed by atoms with Gasteiger partial charge in [0.1, 0.15) is 5.75 Å². The molecule has 192 valence electrons. The first kappa shape index (κ1) is 24.8. The van der Waals surface area contributed by atoms with E-state index >= 15 is 0 Å². The molecule has 35 heavy (non-hydrogen) atoms. The fraction of sp³-hybridized carbons (Fsp3) is 0.700. The average molecular weight is 483 g/mol. The van der Waals surface area contributed by atoms with Gasteiger partial charge in [0.25, 0.3) is 0 Å². The first-order valence-electron chi connectivity index (χ1n) is 13.6. The SMILES string of the molecule is C=C1CCC2[C@]3(C)CO[C@@H](C4CCCC4)O[C@@H]3CC[C@@]2(C)[C@@H]1CCOc1cccc(C(=O)OC)c1. The lowest BCUT2D eigenvalue weighted by Gasteiger charge is -2.63. The Kier molecular flexibility index (Phi) is 7.02. The molecule has 0 N–H and O–H groups in total. The van der Waals surface area contributed by atoms with Crippen LogP contribution in [0.5, 0.6) is 5.75 Å². The van der Waals surface area contributed by atoms with Crippen LogP contribution >= 0.6 is 0 Å². The van der Waals surface area contributed by atoms with Gasteiger partial charge in [-0.15, -0.1) is 0 Å². The predicted molar refractivity (Wildman–Crippen MR) is 135 cm³/mol. The van der Waals surface area contributed by atoms with E-state index in [1.165, 1.54) is 44.8 Å². The van der Waals surface area contributed by atoms with Crippen molar-refractivity contribution in [1.82, 2.24) is 0 Å². The van der Waals surface area contributed by atoms with Crippen LogP contribution in [0.3, 0.4) is 0 Å². The van der Waals surface area contributed by atoms with E-state index in [-0.39, 0.29) is 23.1 Å². The van der Waals surface area contributed by atoms with Gasteiger partial charge >= 0.3 is 5.97 Å². The molecule has 3 aliphatic carbocycles. The Balaban J connectivity index is 1.26. The molecule has 1 unspecified atom stereocenters. The van der Waals surface area contributed by atoms with Crippen molar-refractivity contribution in [3.8, 4) is 5.75 Å². The summed E-state index contributed by atoms with van der Waals surface area (Å²) in [6.45, 7) is 10.8. The molecule has 6 atom stereocenters. The zero-order valence-corrected chi connectivity index (χ0v) is 21.7. The third kappa shape index (κ3) is 4.55. The minimum absolute atomic E-state index is 0.00318. The van der Waals surface area contributed by atoms with Crippen LogP contribution < -0.4 is 4.74 Å². The smallest absolute Gasteiger partial charge is 0.337 e. The Bertz CT molecular complexity index is 936. The summed E-state index contributed by atoms with van der Waals surface area (Å²) < 4.78 is 24.1. The van der Waals surface area contributed by atoms with Gasteiger partial charge in [0.2, 0.25) is 0 Å². The molecule has 1 saturated heterocycles. The molecule has 5 rings (SSSR count). The Hall–Kier alpha value is -1.85. The van der Waals surface area contributed by atoms with Crippen LogP contribution in [0, 0.1) is 28.6 Å². The van der Waals surface area contributed by atoms with Crippen LogP contribution in [0.4, 0.5) is 0 Å². The third-order valence-electron chi connectivity index (χ3n) is 9.89. The Morgan fingerprint density at radius 3 is 2.71 bits per heavy atom. The summed E-state index contributed by atoms with van der Waals surface area (Å²) in [7, 11) is 1.40. The normalized spacial score (nSPS) is 37.4. The molecule has 1 aromatic carbocycles. The zero-order valence-electron chi connectivity index (χ0n) is 21.7. The van der Waals surface area contributed by atoms with E-state index in [9.17, 15) is 4.79 Å². The second kappa shape index (κ2) is 9.89. The van der Waals surface area contributed by atoms with Crippen molar-refractivity contribution in [2.45, 2.75) is 84.0 Å². The highest BCUT2D eigenvalue weighted by Gasteiger charge is 2.60. The topological polar surface area (TPSA) is 54.0 Å². The van der Waals surface area contributed by atoms with Crippen molar-refractivity contribution in [3.05, 3.63) is 42.0 Å².